The lowest BCUT2D eigenvalue weighted by Gasteiger charge is -2.32. The molecular weight excluding hydrogens is 480 g/mol. The topological polar surface area (TPSA) is 93.9 Å². The van der Waals surface area contributed by atoms with Crippen molar-refractivity contribution < 1.29 is 14.3 Å². The normalized spacial score (nSPS) is 17.0. The van der Waals surface area contributed by atoms with E-state index in [-0.39, 0.29) is 11.9 Å². The second-order valence-electron chi connectivity index (χ2n) is 9.42. The van der Waals surface area contributed by atoms with Crippen molar-refractivity contribution in [2.24, 2.45) is 0 Å². The van der Waals surface area contributed by atoms with Gasteiger partial charge in [-0.25, -0.2) is 9.50 Å². The first-order valence-electron chi connectivity index (χ1n) is 12.7. The Labute approximate surface area is 220 Å². The molecule has 9 nitrogen and oxygen atoms in total. The van der Waals surface area contributed by atoms with Crippen molar-refractivity contribution in [2.75, 3.05) is 26.8 Å². The Morgan fingerprint density at radius 3 is 2.79 bits per heavy atom. The summed E-state index contributed by atoms with van der Waals surface area (Å²) in [6.45, 7) is 3.69. The van der Waals surface area contributed by atoms with E-state index in [0.717, 1.165) is 52.3 Å². The van der Waals surface area contributed by atoms with Crippen LogP contribution in [0.25, 0.3) is 28.2 Å². The van der Waals surface area contributed by atoms with Crippen molar-refractivity contribution in [1.82, 2.24) is 29.8 Å². The number of hydrogen-bond donors (Lipinski definition) is 1. The van der Waals surface area contributed by atoms with Crippen molar-refractivity contribution in [2.45, 2.75) is 31.8 Å². The first kappa shape index (κ1) is 23.9. The third kappa shape index (κ3) is 4.44. The number of pyridine rings is 1. The number of carbonyl (C=O) groups excluding carboxylic acids is 1. The Kier molecular flexibility index (Phi) is 6.40. The molecule has 0 bridgehead atoms. The second-order valence-corrected chi connectivity index (χ2v) is 9.42. The minimum atomic E-state index is -0.0840. The molecule has 2 aliphatic heterocycles. The summed E-state index contributed by atoms with van der Waals surface area (Å²) in [6.07, 6.45) is 5.35. The van der Waals surface area contributed by atoms with Crippen LogP contribution < -0.4 is 14.8 Å². The van der Waals surface area contributed by atoms with Gasteiger partial charge in [0.2, 0.25) is 5.88 Å². The highest BCUT2D eigenvalue weighted by atomic mass is 16.5. The highest BCUT2D eigenvalue weighted by Gasteiger charge is 2.30. The number of rotatable bonds is 5. The molecule has 38 heavy (non-hydrogen) atoms. The molecule has 4 aromatic rings. The van der Waals surface area contributed by atoms with Crippen LogP contribution in [-0.4, -0.2) is 63.2 Å². The van der Waals surface area contributed by atoms with E-state index in [1.54, 1.807) is 30.8 Å². The van der Waals surface area contributed by atoms with Gasteiger partial charge >= 0.3 is 0 Å². The summed E-state index contributed by atoms with van der Waals surface area (Å²) in [5.74, 6) is 6.61. The summed E-state index contributed by atoms with van der Waals surface area (Å²) in [5.41, 5.74) is 5.34. The predicted octanol–water partition coefficient (Wildman–Crippen LogP) is 3.50. The van der Waals surface area contributed by atoms with Gasteiger partial charge < -0.3 is 19.7 Å². The number of likely N-dealkylation sites (tertiary alicyclic amines) is 1. The van der Waals surface area contributed by atoms with Crippen molar-refractivity contribution in [1.29, 1.82) is 0 Å². The first-order valence-corrected chi connectivity index (χ1v) is 12.7. The maximum atomic E-state index is 12.1. The molecule has 0 spiro atoms. The molecule has 1 aromatic carbocycles. The monoisotopic (exact) mass is 508 g/mol. The second kappa shape index (κ2) is 10.1. The molecule has 1 fully saturated rings. The van der Waals surface area contributed by atoms with E-state index >= 15 is 0 Å². The van der Waals surface area contributed by atoms with Crippen molar-refractivity contribution in [3.8, 4) is 46.0 Å². The minimum Gasteiger partial charge on any atom is -0.491 e. The highest BCUT2D eigenvalue weighted by molar-refractivity contribution is 5.93. The van der Waals surface area contributed by atoms with Crippen LogP contribution in [0.4, 0.5) is 0 Å². The summed E-state index contributed by atoms with van der Waals surface area (Å²) in [5, 5.41) is 8.37. The van der Waals surface area contributed by atoms with Crippen LogP contribution in [0.2, 0.25) is 0 Å². The fourth-order valence-corrected chi connectivity index (χ4v) is 5.20. The van der Waals surface area contributed by atoms with E-state index < -0.39 is 0 Å². The molecule has 192 valence electrons. The van der Waals surface area contributed by atoms with E-state index in [1.807, 2.05) is 29.3 Å². The molecule has 1 N–H and O–H groups in total. The van der Waals surface area contributed by atoms with Gasteiger partial charge in [0.1, 0.15) is 18.1 Å². The Hall–Kier alpha value is -4.42. The summed E-state index contributed by atoms with van der Waals surface area (Å²) in [7, 11) is 1.60. The highest BCUT2D eigenvalue weighted by Crippen LogP contribution is 2.39. The number of hydrogen-bond acceptors (Lipinski definition) is 7. The summed E-state index contributed by atoms with van der Waals surface area (Å²) >= 11 is 0. The molecule has 6 rings (SSSR count). The number of carbonyl (C=O) groups is 1. The molecule has 0 saturated carbocycles. The summed E-state index contributed by atoms with van der Waals surface area (Å²) in [4.78, 5) is 23.1. The third-order valence-corrected chi connectivity index (χ3v) is 7.12. The molecule has 0 radical (unpaired) electrons. The Morgan fingerprint density at radius 2 is 2.03 bits per heavy atom. The zero-order valence-corrected chi connectivity index (χ0v) is 21.3. The van der Waals surface area contributed by atoms with E-state index in [1.165, 1.54) is 0 Å². The molecule has 5 heterocycles. The molecule has 3 aromatic heterocycles. The van der Waals surface area contributed by atoms with Crippen LogP contribution in [0.5, 0.6) is 11.6 Å². The smallest absolute Gasteiger partial charge is 0.298 e. The number of benzene rings is 1. The van der Waals surface area contributed by atoms with Crippen molar-refractivity contribution in [3.05, 3.63) is 60.4 Å². The van der Waals surface area contributed by atoms with Crippen molar-refractivity contribution >= 4 is 11.6 Å². The summed E-state index contributed by atoms with van der Waals surface area (Å²) < 4.78 is 13.3. The van der Waals surface area contributed by atoms with Gasteiger partial charge in [0.25, 0.3) is 5.91 Å². The fraction of sp³-hybridized carbons (Fsp3) is 0.310. The van der Waals surface area contributed by atoms with Gasteiger partial charge in [0.15, 0.2) is 5.65 Å². The fourth-order valence-electron chi connectivity index (χ4n) is 5.20. The quantitative estimate of drug-likeness (QED) is 0.413. The molecule has 0 unspecified atom stereocenters. The van der Waals surface area contributed by atoms with Crippen LogP contribution in [0.3, 0.4) is 0 Å². The Balaban J connectivity index is 1.26. The number of nitrogens with one attached hydrogen (secondary N) is 1. The SMILES string of the molecule is CC#CC(=O)N1CCC(N[C@H]2COc3cc(-c4nc5ccc(OC)nn5c4-c4cccnc4)ccc32)CC1. The molecule has 1 amide bonds. The lowest BCUT2D eigenvalue weighted by molar-refractivity contribution is -0.126. The molecule has 1 atom stereocenters. The zero-order chi connectivity index (χ0) is 26.1. The maximum absolute atomic E-state index is 12.1. The molecular formula is C29H28N6O3. The van der Waals surface area contributed by atoms with Crippen LogP contribution in [0, 0.1) is 11.8 Å². The molecule has 1 saturated heterocycles. The van der Waals surface area contributed by atoms with Gasteiger partial charge in [-0.05, 0) is 50.0 Å². The number of methoxy groups -OCH3 is 1. The van der Waals surface area contributed by atoms with Crippen molar-refractivity contribution in [3.63, 3.8) is 0 Å². The molecule has 0 aliphatic carbocycles. The number of nitrogens with zero attached hydrogens (tertiary/aromatic N) is 5. The van der Waals surface area contributed by atoms with Gasteiger partial charge in [-0.1, -0.05) is 18.1 Å². The largest absolute Gasteiger partial charge is 0.491 e. The van der Waals surface area contributed by atoms with Gasteiger partial charge in [-0.15, -0.1) is 5.10 Å². The average Bonchev–Trinajstić information content (AvgIpc) is 3.54. The number of aromatic nitrogens is 4. The number of piperidine rings is 1. The predicted molar refractivity (Wildman–Crippen MR) is 143 cm³/mol. The Bertz CT molecular complexity index is 1550. The summed E-state index contributed by atoms with van der Waals surface area (Å²) in [6, 6.07) is 14.3. The van der Waals surface area contributed by atoms with E-state index in [0.29, 0.717) is 31.6 Å². The Morgan fingerprint density at radius 1 is 1.16 bits per heavy atom. The van der Waals surface area contributed by atoms with Gasteiger partial charge in [-0.2, -0.15) is 0 Å². The van der Waals surface area contributed by atoms with Crippen LogP contribution in [-0.2, 0) is 4.79 Å². The number of amides is 1. The number of ether oxygens (including phenoxy) is 2. The van der Waals surface area contributed by atoms with Crippen LogP contribution >= 0.6 is 0 Å². The van der Waals surface area contributed by atoms with Crippen LogP contribution in [0.15, 0.2) is 54.9 Å². The molecule has 2 aliphatic rings. The van der Waals surface area contributed by atoms with Gasteiger partial charge in [0, 0.05) is 54.3 Å². The zero-order valence-electron chi connectivity index (χ0n) is 21.3. The lowest BCUT2D eigenvalue weighted by atomic mass is 9.99. The van der Waals surface area contributed by atoms with E-state index in [4.69, 9.17) is 14.5 Å². The average molecular weight is 509 g/mol. The van der Waals surface area contributed by atoms with E-state index in [9.17, 15) is 4.79 Å². The third-order valence-electron chi connectivity index (χ3n) is 7.12. The lowest BCUT2D eigenvalue weighted by Crippen LogP contribution is -2.45. The van der Waals surface area contributed by atoms with E-state index in [2.05, 4.69) is 45.4 Å². The minimum absolute atomic E-state index is 0.0840. The standard InChI is InChI=1S/C29H28N6O3/c1-3-5-27(36)34-14-11-21(12-15-34)31-23-18-38-24-16-19(7-8-22(23)24)28-29(20-6-4-13-30-17-20)35-25(32-28)9-10-26(33-35)37-2/h4,6-10,13,16-17,21,23,31H,11-12,14-15,18H2,1-2H3/t23-/m0/s1. The number of imidazole rings is 1. The molecule has 9 heteroatoms. The van der Waals surface area contributed by atoms with Gasteiger partial charge in [-0.3, -0.25) is 9.78 Å². The van der Waals surface area contributed by atoms with Gasteiger partial charge in [0.05, 0.1) is 18.8 Å². The van der Waals surface area contributed by atoms with Crippen LogP contribution in [0.1, 0.15) is 31.4 Å². The first-order chi connectivity index (χ1) is 18.6. The maximum Gasteiger partial charge on any atom is 0.298 e. The number of fused-ring (bicyclic) bond motifs is 2.